The van der Waals surface area contributed by atoms with Crippen LogP contribution in [0.4, 0.5) is 0 Å². The lowest BCUT2D eigenvalue weighted by molar-refractivity contribution is 0.134. The molecular formula is C14H11N5O. The highest BCUT2D eigenvalue weighted by Gasteiger charge is 2.13. The highest BCUT2D eigenvalue weighted by molar-refractivity contribution is 5.47. The molecule has 0 saturated carbocycles. The maximum atomic E-state index is 5.40. The first-order chi connectivity index (χ1) is 9.90. The Morgan fingerprint density at radius 3 is 2.90 bits per heavy atom. The molecule has 1 aromatic carbocycles. The lowest BCUT2D eigenvalue weighted by Crippen LogP contribution is -2.00. The number of rotatable bonds is 2. The van der Waals surface area contributed by atoms with Crippen LogP contribution < -0.4 is 0 Å². The molecule has 20 heavy (non-hydrogen) atoms. The Kier molecular flexibility index (Phi) is 2.53. The van der Waals surface area contributed by atoms with Gasteiger partial charge >= 0.3 is 0 Å². The van der Waals surface area contributed by atoms with Crippen molar-refractivity contribution in [3.05, 3.63) is 53.7 Å². The van der Waals surface area contributed by atoms with Gasteiger partial charge in [0.1, 0.15) is 5.69 Å². The molecule has 0 aliphatic carbocycles. The lowest BCUT2D eigenvalue weighted by atomic mass is 10.1. The molecule has 0 saturated heterocycles. The fourth-order valence-electron chi connectivity index (χ4n) is 2.20. The topological polar surface area (TPSA) is 65.7 Å². The van der Waals surface area contributed by atoms with E-state index in [0.717, 1.165) is 5.69 Å². The average molecular weight is 265 g/mol. The smallest absolute Gasteiger partial charge is 0.223 e. The quantitative estimate of drug-likeness (QED) is 0.706. The summed E-state index contributed by atoms with van der Waals surface area (Å²) < 4.78 is 5.40. The summed E-state index contributed by atoms with van der Waals surface area (Å²) in [6, 6.07) is 11.7. The predicted octanol–water partition coefficient (Wildman–Crippen LogP) is 1.75. The number of tetrazole rings is 1. The number of ether oxygens (including phenoxy) is 1. The van der Waals surface area contributed by atoms with E-state index in [0.29, 0.717) is 24.7 Å². The van der Waals surface area contributed by atoms with Gasteiger partial charge < -0.3 is 4.74 Å². The molecule has 0 atom stereocenters. The Morgan fingerprint density at radius 2 is 2.00 bits per heavy atom. The van der Waals surface area contributed by atoms with Crippen molar-refractivity contribution in [2.24, 2.45) is 0 Å². The van der Waals surface area contributed by atoms with Crippen molar-refractivity contribution in [3.8, 4) is 17.2 Å². The molecule has 0 radical (unpaired) electrons. The number of fused-ring (bicyclic) bond motifs is 1. The van der Waals surface area contributed by atoms with Crippen molar-refractivity contribution in [1.82, 2.24) is 25.2 Å². The Bertz CT molecular complexity index is 753. The van der Waals surface area contributed by atoms with Crippen LogP contribution in [0.2, 0.25) is 0 Å². The first kappa shape index (κ1) is 11.2. The van der Waals surface area contributed by atoms with E-state index in [1.54, 1.807) is 6.20 Å². The molecule has 0 N–H and O–H groups in total. The zero-order valence-corrected chi connectivity index (χ0v) is 10.6. The Hall–Kier alpha value is -2.60. The molecule has 0 amide bonds. The van der Waals surface area contributed by atoms with Gasteiger partial charge in [0, 0.05) is 6.20 Å². The van der Waals surface area contributed by atoms with E-state index in [2.05, 4.69) is 20.4 Å². The van der Waals surface area contributed by atoms with Gasteiger partial charge in [0.15, 0.2) is 0 Å². The van der Waals surface area contributed by atoms with E-state index < -0.39 is 0 Å². The van der Waals surface area contributed by atoms with Gasteiger partial charge in [0.05, 0.1) is 18.9 Å². The van der Waals surface area contributed by atoms with Crippen molar-refractivity contribution in [2.75, 3.05) is 0 Å². The summed E-state index contributed by atoms with van der Waals surface area (Å²) in [5.74, 6) is 0.516. The first-order valence-electron chi connectivity index (χ1n) is 6.31. The van der Waals surface area contributed by atoms with Crippen LogP contribution in [0.25, 0.3) is 17.2 Å². The van der Waals surface area contributed by atoms with Crippen LogP contribution in [-0.4, -0.2) is 25.2 Å². The van der Waals surface area contributed by atoms with Gasteiger partial charge in [0.25, 0.3) is 0 Å². The van der Waals surface area contributed by atoms with Crippen molar-refractivity contribution >= 4 is 0 Å². The predicted molar refractivity (Wildman–Crippen MR) is 70.9 cm³/mol. The zero-order valence-electron chi connectivity index (χ0n) is 10.6. The summed E-state index contributed by atoms with van der Waals surface area (Å²) in [6.45, 7) is 1.32. The van der Waals surface area contributed by atoms with E-state index in [-0.39, 0.29) is 0 Å². The van der Waals surface area contributed by atoms with E-state index in [4.69, 9.17) is 4.74 Å². The van der Waals surface area contributed by atoms with E-state index in [1.807, 2.05) is 36.4 Å². The van der Waals surface area contributed by atoms with E-state index >= 15 is 0 Å². The molecule has 4 rings (SSSR count). The van der Waals surface area contributed by atoms with Gasteiger partial charge in [-0.2, -0.15) is 0 Å². The molecule has 0 unspecified atom stereocenters. The summed E-state index contributed by atoms with van der Waals surface area (Å²) >= 11 is 0. The van der Waals surface area contributed by atoms with Crippen LogP contribution in [0, 0.1) is 0 Å². The van der Waals surface area contributed by atoms with Crippen LogP contribution in [0.3, 0.4) is 0 Å². The fraction of sp³-hybridized carbons (Fsp3) is 0.143. The van der Waals surface area contributed by atoms with Crippen LogP contribution in [-0.2, 0) is 18.0 Å². The second kappa shape index (κ2) is 4.50. The van der Waals surface area contributed by atoms with Crippen LogP contribution in [0.5, 0.6) is 0 Å². The molecule has 0 bridgehead atoms. The van der Waals surface area contributed by atoms with Gasteiger partial charge in [-0.1, -0.05) is 12.1 Å². The maximum absolute atomic E-state index is 5.40. The third kappa shape index (κ3) is 1.86. The number of benzene rings is 1. The second-order valence-electron chi connectivity index (χ2n) is 4.56. The molecule has 98 valence electrons. The largest absolute Gasteiger partial charge is 0.372 e. The fourth-order valence-corrected chi connectivity index (χ4v) is 2.20. The minimum atomic E-state index is 0.516. The van der Waals surface area contributed by atoms with Crippen LogP contribution in [0.1, 0.15) is 11.1 Å². The first-order valence-corrected chi connectivity index (χ1v) is 6.31. The normalized spacial score (nSPS) is 13.4. The van der Waals surface area contributed by atoms with Gasteiger partial charge in [0.2, 0.25) is 5.82 Å². The number of pyridine rings is 1. The molecule has 1 aliphatic rings. The van der Waals surface area contributed by atoms with Crippen molar-refractivity contribution < 1.29 is 4.74 Å². The van der Waals surface area contributed by atoms with Crippen LogP contribution in [0.15, 0.2) is 42.6 Å². The lowest BCUT2D eigenvalue weighted by Gasteiger charge is -2.01. The summed E-state index contributed by atoms with van der Waals surface area (Å²) in [5.41, 5.74) is 3.99. The second-order valence-corrected chi connectivity index (χ2v) is 4.56. The highest BCUT2D eigenvalue weighted by atomic mass is 16.5. The average Bonchev–Trinajstić information content (AvgIpc) is 3.16. The molecule has 3 aromatic rings. The number of hydrogen-bond donors (Lipinski definition) is 0. The van der Waals surface area contributed by atoms with E-state index in [1.165, 1.54) is 15.9 Å². The summed E-state index contributed by atoms with van der Waals surface area (Å²) in [7, 11) is 0. The minimum Gasteiger partial charge on any atom is -0.372 e. The molecule has 0 fully saturated rings. The Morgan fingerprint density at radius 1 is 1.05 bits per heavy atom. The SMILES string of the molecule is c1ccc(-c2nnn(-c3ccc4c(c3)COC4)n2)nc1. The number of nitrogens with zero attached hydrogens (tertiary/aromatic N) is 5. The molecular weight excluding hydrogens is 254 g/mol. The van der Waals surface area contributed by atoms with Crippen LogP contribution >= 0.6 is 0 Å². The van der Waals surface area contributed by atoms with Gasteiger partial charge in [-0.25, -0.2) is 0 Å². The molecule has 3 heterocycles. The van der Waals surface area contributed by atoms with Gasteiger partial charge in [-0.05, 0) is 40.6 Å². The third-order valence-electron chi connectivity index (χ3n) is 3.24. The monoisotopic (exact) mass is 265 g/mol. The molecule has 0 spiro atoms. The summed E-state index contributed by atoms with van der Waals surface area (Å²) in [6.07, 6.45) is 1.71. The number of hydrogen-bond acceptors (Lipinski definition) is 5. The third-order valence-corrected chi connectivity index (χ3v) is 3.24. The van der Waals surface area contributed by atoms with Crippen molar-refractivity contribution in [2.45, 2.75) is 13.2 Å². The van der Waals surface area contributed by atoms with E-state index in [9.17, 15) is 0 Å². The zero-order chi connectivity index (χ0) is 13.4. The molecule has 1 aliphatic heterocycles. The van der Waals surface area contributed by atoms with Crippen molar-refractivity contribution in [3.63, 3.8) is 0 Å². The molecule has 2 aromatic heterocycles. The Labute approximate surface area is 115 Å². The standard InChI is InChI=1S/C14H11N5O/c1-2-6-15-13(3-1)14-16-18-19(17-14)12-5-4-10-8-20-9-11(10)7-12/h1-7H,8-9H2. The molecule has 6 nitrogen and oxygen atoms in total. The van der Waals surface area contributed by atoms with Gasteiger partial charge in [-0.15, -0.1) is 15.0 Å². The molecule has 6 heteroatoms. The maximum Gasteiger partial charge on any atom is 0.223 e. The van der Waals surface area contributed by atoms with Crippen molar-refractivity contribution in [1.29, 1.82) is 0 Å². The van der Waals surface area contributed by atoms with Gasteiger partial charge in [-0.3, -0.25) is 4.98 Å². The highest BCUT2D eigenvalue weighted by Crippen LogP contribution is 2.22. The number of aromatic nitrogens is 5. The minimum absolute atomic E-state index is 0.516. The summed E-state index contributed by atoms with van der Waals surface area (Å²) in [5, 5.41) is 12.5. The summed E-state index contributed by atoms with van der Waals surface area (Å²) in [4.78, 5) is 5.73. The Balaban J connectivity index is 1.72.